The molecular formula is C13H10N4O2. The molecule has 0 aliphatic carbocycles. The van der Waals surface area contributed by atoms with Crippen molar-refractivity contribution in [1.29, 1.82) is 0 Å². The molecule has 6 heteroatoms. The van der Waals surface area contributed by atoms with E-state index in [0.717, 1.165) is 22.4 Å². The molecule has 0 amide bonds. The molecule has 0 bridgehead atoms. The Hall–Kier alpha value is -2.76. The molecule has 0 saturated carbocycles. The standard InChI is InChI=1S/C13H10N4O2/c1-16-12-7-10(17(18)19)4-5-11(12)15-13(16)9-3-2-6-14-8-9/h2-8H,1H3. The lowest BCUT2D eigenvalue weighted by atomic mass is 10.3. The van der Waals surface area contributed by atoms with Gasteiger partial charge in [-0.05, 0) is 18.2 Å². The molecule has 2 heterocycles. The second-order valence-electron chi connectivity index (χ2n) is 4.17. The van der Waals surface area contributed by atoms with Gasteiger partial charge in [-0.15, -0.1) is 0 Å². The number of pyridine rings is 1. The molecule has 0 aliphatic heterocycles. The minimum absolute atomic E-state index is 0.0632. The van der Waals surface area contributed by atoms with Crippen molar-refractivity contribution in [3.8, 4) is 11.4 Å². The minimum Gasteiger partial charge on any atom is -0.327 e. The number of benzene rings is 1. The van der Waals surface area contributed by atoms with Gasteiger partial charge in [0.15, 0.2) is 0 Å². The SMILES string of the molecule is Cn1c(-c2cccnc2)nc2ccc([N+](=O)[O-])cc21. The van der Waals surface area contributed by atoms with E-state index < -0.39 is 4.92 Å². The van der Waals surface area contributed by atoms with Gasteiger partial charge in [-0.2, -0.15) is 0 Å². The second kappa shape index (κ2) is 4.16. The van der Waals surface area contributed by atoms with Gasteiger partial charge < -0.3 is 4.57 Å². The first kappa shape index (κ1) is 11.3. The van der Waals surface area contributed by atoms with Crippen LogP contribution in [0, 0.1) is 10.1 Å². The van der Waals surface area contributed by atoms with Crippen molar-refractivity contribution < 1.29 is 4.92 Å². The van der Waals surface area contributed by atoms with Gasteiger partial charge in [0, 0.05) is 37.1 Å². The number of hydrogen-bond acceptors (Lipinski definition) is 4. The zero-order chi connectivity index (χ0) is 13.4. The van der Waals surface area contributed by atoms with Crippen LogP contribution in [0.15, 0.2) is 42.7 Å². The molecule has 1 aromatic carbocycles. The largest absolute Gasteiger partial charge is 0.327 e. The van der Waals surface area contributed by atoms with Crippen LogP contribution in [0.25, 0.3) is 22.4 Å². The lowest BCUT2D eigenvalue weighted by Gasteiger charge is -2.01. The quantitative estimate of drug-likeness (QED) is 0.520. The number of non-ortho nitro benzene ring substituents is 1. The molecule has 0 unspecified atom stereocenters. The third-order valence-electron chi connectivity index (χ3n) is 2.99. The predicted octanol–water partition coefficient (Wildman–Crippen LogP) is 2.54. The number of nitrogens with zero attached hydrogens (tertiary/aromatic N) is 4. The molecule has 19 heavy (non-hydrogen) atoms. The number of fused-ring (bicyclic) bond motifs is 1. The predicted molar refractivity (Wildman–Crippen MR) is 70.6 cm³/mol. The monoisotopic (exact) mass is 254 g/mol. The van der Waals surface area contributed by atoms with E-state index in [0.29, 0.717) is 0 Å². The third kappa shape index (κ3) is 1.83. The summed E-state index contributed by atoms with van der Waals surface area (Å²) in [4.78, 5) is 18.9. The number of nitro groups is 1. The zero-order valence-corrected chi connectivity index (χ0v) is 10.1. The smallest absolute Gasteiger partial charge is 0.271 e. The Bertz CT molecular complexity index is 765. The Morgan fingerprint density at radius 1 is 1.32 bits per heavy atom. The summed E-state index contributed by atoms with van der Waals surface area (Å²) in [5, 5.41) is 10.8. The van der Waals surface area contributed by atoms with Crippen molar-refractivity contribution in [2.24, 2.45) is 7.05 Å². The maximum Gasteiger partial charge on any atom is 0.271 e. The van der Waals surface area contributed by atoms with Gasteiger partial charge in [0.1, 0.15) is 5.82 Å². The van der Waals surface area contributed by atoms with E-state index in [4.69, 9.17) is 0 Å². The topological polar surface area (TPSA) is 73.8 Å². The van der Waals surface area contributed by atoms with Gasteiger partial charge >= 0.3 is 0 Å². The van der Waals surface area contributed by atoms with Gasteiger partial charge in [0.25, 0.3) is 5.69 Å². The fourth-order valence-corrected chi connectivity index (χ4v) is 2.04. The third-order valence-corrected chi connectivity index (χ3v) is 2.99. The highest BCUT2D eigenvalue weighted by molar-refractivity contribution is 5.82. The van der Waals surface area contributed by atoms with Crippen molar-refractivity contribution in [3.05, 3.63) is 52.8 Å². The summed E-state index contributed by atoms with van der Waals surface area (Å²) >= 11 is 0. The fourth-order valence-electron chi connectivity index (χ4n) is 2.04. The number of nitro benzene ring substituents is 1. The summed E-state index contributed by atoms with van der Waals surface area (Å²) in [5.41, 5.74) is 2.40. The molecule has 3 rings (SSSR count). The number of rotatable bonds is 2. The van der Waals surface area contributed by atoms with Crippen LogP contribution in [0.5, 0.6) is 0 Å². The van der Waals surface area contributed by atoms with Crippen LogP contribution in [-0.2, 0) is 7.05 Å². The molecule has 0 saturated heterocycles. The molecule has 0 fully saturated rings. The maximum atomic E-state index is 10.8. The average molecular weight is 254 g/mol. The number of aryl methyl sites for hydroxylation is 1. The molecule has 3 aromatic rings. The van der Waals surface area contributed by atoms with E-state index in [1.165, 1.54) is 12.1 Å². The Balaban J connectivity index is 2.24. The van der Waals surface area contributed by atoms with Crippen LogP contribution in [0.4, 0.5) is 5.69 Å². The van der Waals surface area contributed by atoms with E-state index in [2.05, 4.69) is 9.97 Å². The molecule has 0 atom stereocenters. The molecule has 6 nitrogen and oxygen atoms in total. The van der Waals surface area contributed by atoms with Crippen LogP contribution in [0.3, 0.4) is 0 Å². The van der Waals surface area contributed by atoms with Gasteiger partial charge in [-0.1, -0.05) is 0 Å². The number of imidazole rings is 1. The summed E-state index contributed by atoms with van der Waals surface area (Å²) in [6.07, 6.45) is 3.41. The molecule has 0 aliphatic rings. The van der Waals surface area contributed by atoms with Crippen molar-refractivity contribution in [3.63, 3.8) is 0 Å². The van der Waals surface area contributed by atoms with Crippen LogP contribution in [0.2, 0.25) is 0 Å². The molecule has 2 aromatic heterocycles. The van der Waals surface area contributed by atoms with Gasteiger partial charge in [-0.3, -0.25) is 15.1 Å². The minimum atomic E-state index is -0.407. The van der Waals surface area contributed by atoms with Crippen molar-refractivity contribution >= 4 is 16.7 Å². The van der Waals surface area contributed by atoms with Crippen LogP contribution < -0.4 is 0 Å². The highest BCUT2D eigenvalue weighted by Crippen LogP contribution is 2.25. The van der Waals surface area contributed by atoms with Crippen LogP contribution in [0.1, 0.15) is 0 Å². The molecular weight excluding hydrogens is 244 g/mol. The van der Waals surface area contributed by atoms with E-state index in [-0.39, 0.29) is 5.69 Å². The first-order chi connectivity index (χ1) is 9.16. The summed E-state index contributed by atoms with van der Waals surface area (Å²) in [6.45, 7) is 0. The average Bonchev–Trinajstić information content (AvgIpc) is 2.77. The Labute approximate surface area is 108 Å². The zero-order valence-electron chi connectivity index (χ0n) is 10.1. The summed E-state index contributed by atoms with van der Waals surface area (Å²) in [5.74, 6) is 0.739. The molecule has 0 spiro atoms. The van der Waals surface area contributed by atoms with Gasteiger partial charge in [-0.25, -0.2) is 4.98 Å². The van der Waals surface area contributed by atoms with Crippen LogP contribution >= 0.6 is 0 Å². The summed E-state index contributed by atoms with van der Waals surface area (Å²) in [7, 11) is 1.83. The van der Waals surface area contributed by atoms with Crippen molar-refractivity contribution in [2.45, 2.75) is 0 Å². The van der Waals surface area contributed by atoms with Crippen molar-refractivity contribution in [2.75, 3.05) is 0 Å². The van der Waals surface area contributed by atoms with Crippen molar-refractivity contribution in [1.82, 2.24) is 14.5 Å². The summed E-state index contributed by atoms with van der Waals surface area (Å²) in [6, 6.07) is 8.39. The first-order valence-corrected chi connectivity index (χ1v) is 5.68. The highest BCUT2D eigenvalue weighted by atomic mass is 16.6. The van der Waals surface area contributed by atoms with E-state index in [9.17, 15) is 10.1 Å². The lowest BCUT2D eigenvalue weighted by molar-refractivity contribution is -0.384. The van der Waals surface area contributed by atoms with E-state index in [1.54, 1.807) is 18.5 Å². The number of aromatic nitrogens is 3. The lowest BCUT2D eigenvalue weighted by Crippen LogP contribution is -1.93. The normalized spacial score (nSPS) is 10.8. The van der Waals surface area contributed by atoms with Crippen LogP contribution in [-0.4, -0.2) is 19.5 Å². The van der Waals surface area contributed by atoms with Gasteiger partial charge in [0.2, 0.25) is 0 Å². The number of hydrogen-bond donors (Lipinski definition) is 0. The maximum absolute atomic E-state index is 10.8. The fraction of sp³-hybridized carbons (Fsp3) is 0.0769. The highest BCUT2D eigenvalue weighted by Gasteiger charge is 2.13. The molecule has 0 N–H and O–H groups in total. The molecule has 94 valence electrons. The Morgan fingerprint density at radius 2 is 2.16 bits per heavy atom. The van der Waals surface area contributed by atoms with E-state index >= 15 is 0 Å². The first-order valence-electron chi connectivity index (χ1n) is 5.68. The van der Waals surface area contributed by atoms with E-state index in [1.807, 2.05) is 23.7 Å². The summed E-state index contributed by atoms with van der Waals surface area (Å²) < 4.78 is 1.83. The Kier molecular flexibility index (Phi) is 2.49. The molecule has 0 radical (unpaired) electrons. The Morgan fingerprint density at radius 3 is 2.84 bits per heavy atom. The second-order valence-corrected chi connectivity index (χ2v) is 4.17. The van der Waals surface area contributed by atoms with Gasteiger partial charge in [0.05, 0.1) is 16.0 Å².